The van der Waals surface area contributed by atoms with Crippen LogP contribution in [0.15, 0.2) is 30.3 Å². The van der Waals surface area contributed by atoms with Gasteiger partial charge in [0.15, 0.2) is 6.29 Å². The lowest BCUT2D eigenvalue weighted by Crippen LogP contribution is -2.24. The fourth-order valence-corrected chi connectivity index (χ4v) is 3.18. The summed E-state index contributed by atoms with van der Waals surface area (Å²) in [5.41, 5.74) is 4.09. The average molecular weight is 243 g/mol. The highest BCUT2D eigenvalue weighted by atomic mass is 32.1. The van der Waals surface area contributed by atoms with E-state index in [-0.39, 0.29) is 0 Å². The Balaban J connectivity index is 2.10. The number of carbonyl (C=O) groups excluding carboxylic acids is 1. The molecule has 1 aliphatic rings. The third-order valence-corrected chi connectivity index (χ3v) is 4.20. The van der Waals surface area contributed by atoms with Gasteiger partial charge in [0.05, 0.1) is 4.88 Å². The molecule has 0 amide bonds. The van der Waals surface area contributed by atoms with Crippen molar-refractivity contribution in [1.82, 2.24) is 5.32 Å². The summed E-state index contributed by atoms with van der Waals surface area (Å²) in [6.07, 6.45) is 2.01. The largest absolute Gasteiger partial charge is 0.312 e. The molecule has 0 unspecified atom stereocenters. The minimum atomic E-state index is 0.793. The van der Waals surface area contributed by atoms with Gasteiger partial charge in [-0.05, 0) is 41.8 Å². The Morgan fingerprint density at radius 2 is 2.18 bits per heavy atom. The van der Waals surface area contributed by atoms with E-state index < -0.39 is 0 Å². The summed E-state index contributed by atoms with van der Waals surface area (Å²) >= 11 is 1.56. The molecule has 1 N–H and O–H groups in total. The molecule has 0 spiro atoms. The van der Waals surface area contributed by atoms with Gasteiger partial charge in [0, 0.05) is 11.4 Å². The van der Waals surface area contributed by atoms with Gasteiger partial charge in [-0.2, -0.15) is 0 Å². The fourth-order valence-electron chi connectivity index (χ4n) is 2.31. The molecule has 2 heterocycles. The maximum Gasteiger partial charge on any atom is 0.160 e. The number of fused-ring (bicyclic) bond motifs is 1. The van der Waals surface area contributed by atoms with Crippen LogP contribution in [0.25, 0.3) is 10.4 Å². The molecule has 0 radical (unpaired) electrons. The van der Waals surface area contributed by atoms with Crippen LogP contribution in [0, 0.1) is 0 Å². The van der Waals surface area contributed by atoms with Crippen molar-refractivity contribution in [1.29, 1.82) is 0 Å². The Morgan fingerprint density at radius 1 is 1.24 bits per heavy atom. The third kappa shape index (κ3) is 1.92. The van der Waals surface area contributed by atoms with Crippen LogP contribution in [0.5, 0.6) is 0 Å². The van der Waals surface area contributed by atoms with E-state index in [0.29, 0.717) is 0 Å². The van der Waals surface area contributed by atoms with Crippen molar-refractivity contribution in [3.63, 3.8) is 0 Å². The number of hydrogen-bond donors (Lipinski definition) is 1. The van der Waals surface area contributed by atoms with Gasteiger partial charge in [-0.1, -0.05) is 18.2 Å². The van der Waals surface area contributed by atoms with Crippen molar-refractivity contribution in [2.45, 2.75) is 13.0 Å². The number of hydrogen-bond acceptors (Lipinski definition) is 3. The number of nitrogens with one attached hydrogen (secondary N) is 1. The zero-order valence-corrected chi connectivity index (χ0v) is 10.2. The minimum absolute atomic E-state index is 0.793. The molecule has 1 aliphatic heterocycles. The fraction of sp³-hybridized carbons (Fsp3) is 0.214. The lowest BCUT2D eigenvalue weighted by molar-refractivity contribution is 0.112. The first-order valence-electron chi connectivity index (χ1n) is 5.75. The zero-order valence-electron chi connectivity index (χ0n) is 9.40. The van der Waals surface area contributed by atoms with Gasteiger partial charge in [-0.3, -0.25) is 4.79 Å². The molecule has 0 aliphatic carbocycles. The first kappa shape index (κ1) is 10.7. The molecule has 0 fully saturated rings. The summed E-state index contributed by atoms with van der Waals surface area (Å²) < 4.78 is 0. The molecule has 3 rings (SSSR count). The molecule has 2 nitrogen and oxygen atoms in total. The lowest BCUT2D eigenvalue weighted by Gasteiger charge is -2.19. The van der Waals surface area contributed by atoms with Crippen LogP contribution in [0.2, 0.25) is 0 Å². The topological polar surface area (TPSA) is 29.1 Å². The quantitative estimate of drug-likeness (QED) is 0.822. The number of aldehydes is 1. The second kappa shape index (κ2) is 4.43. The molecule has 17 heavy (non-hydrogen) atoms. The number of benzene rings is 1. The normalized spacial score (nSPS) is 14.4. The predicted molar refractivity (Wildman–Crippen MR) is 70.6 cm³/mol. The van der Waals surface area contributed by atoms with E-state index >= 15 is 0 Å². The van der Waals surface area contributed by atoms with E-state index in [9.17, 15) is 4.79 Å². The van der Waals surface area contributed by atoms with Gasteiger partial charge < -0.3 is 5.32 Å². The van der Waals surface area contributed by atoms with E-state index in [0.717, 1.165) is 30.7 Å². The Kier molecular flexibility index (Phi) is 2.79. The molecule has 3 heteroatoms. The van der Waals surface area contributed by atoms with E-state index in [1.54, 1.807) is 11.3 Å². The van der Waals surface area contributed by atoms with Crippen molar-refractivity contribution in [3.8, 4) is 10.4 Å². The molecular formula is C14H13NOS. The van der Waals surface area contributed by atoms with Crippen LogP contribution < -0.4 is 5.32 Å². The second-order valence-electron chi connectivity index (χ2n) is 4.19. The average Bonchev–Trinajstić information content (AvgIpc) is 2.87. The van der Waals surface area contributed by atoms with E-state index in [4.69, 9.17) is 0 Å². The van der Waals surface area contributed by atoms with Gasteiger partial charge in [0.1, 0.15) is 0 Å². The smallest absolute Gasteiger partial charge is 0.160 e. The van der Waals surface area contributed by atoms with Crippen molar-refractivity contribution in [2.24, 2.45) is 0 Å². The molecule has 1 aromatic heterocycles. The second-order valence-corrected chi connectivity index (χ2v) is 5.31. The summed E-state index contributed by atoms with van der Waals surface area (Å²) in [7, 11) is 0. The summed E-state index contributed by atoms with van der Waals surface area (Å²) in [4.78, 5) is 12.7. The van der Waals surface area contributed by atoms with Gasteiger partial charge in [0.2, 0.25) is 0 Å². The molecule has 1 aromatic carbocycles. The first-order valence-corrected chi connectivity index (χ1v) is 6.57. The number of thiophene rings is 1. The molecule has 0 bridgehead atoms. The van der Waals surface area contributed by atoms with E-state index in [2.05, 4.69) is 23.5 Å². The highest BCUT2D eigenvalue weighted by Gasteiger charge is 2.14. The predicted octanol–water partition coefficient (Wildman–Crippen LogP) is 2.87. The molecule has 0 atom stereocenters. The van der Waals surface area contributed by atoms with Crippen molar-refractivity contribution in [3.05, 3.63) is 46.3 Å². The van der Waals surface area contributed by atoms with Crippen LogP contribution in [-0.2, 0) is 13.0 Å². The highest BCUT2D eigenvalue weighted by molar-refractivity contribution is 7.17. The SMILES string of the molecule is O=Cc1ccc(-c2cccc3c2CNCC3)s1. The monoisotopic (exact) mass is 243 g/mol. The highest BCUT2D eigenvalue weighted by Crippen LogP contribution is 2.32. The summed E-state index contributed by atoms with van der Waals surface area (Å²) in [5.74, 6) is 0. The third-order valence-electron chi connectivity index (χ3n) is 3.15. The van der Waals surface area contributed by atoms with Crippen molar-refractivity contribution < 1.29 is 4.79 Å². The Hall–Kier alpha value is -1.45. The van der Waals surface area contributed by atoms with Gasteiger partial charge in [0.25, 0.3) is 0 Å². The zero-order chi connectivity index (χ0) is 11.7. The minimum Gasteiger partial charge on any atom is -0.312 e. The molecule has 0 saturated heterocycles. The maximum atomic E-state index is 10.7. The Bertz CT molecular complexity index is 559. The van der Waals surface area contributed by atoms with E-state index in [1.807, 2.05) is 12.1 Å². The Morgan fingerprint density at radius 3 is 3.00 bits per heavy atom. The summed E-state index contributed by atoms with van der Waals surface area (Å²) in [6, 6.07) is 10.4. The van der Waals surface area contributed by atoms with E-state index in [1.165, 1.54) is 21.6 Å². The molecule has 86 valence electrons. The van der Waals surface area contributed by atoms with Gasteiger partial charge in [-0.25, -0.2) is 0 Å². The first-order chi connectivity index (χ1) is 8.38. The molecule has 2 aromatic rings. The van der Waals surface area contributed by atoms with Crippen LogP contribution in [-0.4, -0.2) is 12.8 Å². The van der Waals surface area contributed by atoms with Crippen molar-refractivity contribution in [2.75, 3.05) is 6.54 Å². The van der Waals surface area contributed by atoms with Gasteiger partial charge in [-0.15, -0.1) is 11.3 Å². The summed E-state index contributed by atoms with van der Waals surface area (Å²) in [5, 5.41) is 3.41. The standard InChI is InChI=1S/C14H13NOS/c16-9-11-4-5-14(17-11)12-3-1-2-10-6-7-15-8-13(10)12/h1-5,9,15H,6-8H2. The van der Waals surface area contributed by atoms with Crippen LogP contribution in [0.1, 0.15) is 20.8 Å². The van der Waals surface area contributed by atoms with Crippen molar-refractivity contribution >= 4 is 17.6 Å². The summed E-state index contributed by atoms with van der Waals surface area (Å²) in [6.45, 7) is 1.99. The Labute approximate surface area is 104 Å². The van der Waals surface area contributed by atoms with Crippen LogP contribution in [0.4, 0.5) is 0 Å². The maximum absolute atomic E-state index is 10.7. The molecule has 0 saturated carbocycles. The molecular weight excluding hydrogens is 230 g/mol. The number of carbonyl (C=O) groups is 1. The van der Waals surface area contributed by atoms with Crippen LogP contribution in [0.3, 0.4) is 0 Å². The number of rotatable bonds is 2. The van der Waals surface area contributed by atoms with Crippen LogP contribution >= 0.6 is 11.3 Å². The lowest BCUT2D eigenvalue weighted by atomic mass is 9.95. The van der Waals surface area contributed by atoms with Gasteiger partial charge >= 0.3 is 0 Å².